The maximum absolute atomic E-state index is 12.6. The number of carboxylic acid groups (broad SMARTS) is 1. The topological polar surface area (TPSA) is 90.5 Å². The average molecular weight is 360 g/mol. The fraction of sp³-hybridized carbons (Fsp3) is 0.421. The number of esters is 1. The molecule has 26 heavy (non-hydrogen) atoms. The Hall–Kier alpha value is -2.83. The SMILES string of the molecule is Cn1cc(CC(=O)c2cc(CC(=O)OC(C)(C)C)cn2C)cc1C(=O)O. The lowest BCUT2D eigenvalue weighted by Crippen LogP contribution is -2.24. The molecule has 0 amide bonds. The molecular weight excluding hydrogens is 336 g/mol. The van der Waals surface area contributed by atoms with Crippen LogP contribution in [0.25, 0.3) is 0 Å². The molecule has 7 heteroatoms. The zero-order valence-corrected chi connectivity index (χ0v) is 15.7. The number of carbonyl (C=O) groups excluding carboxylic acids is 2. The standard InChI is InChI=1S/C19H24N2O5/c1-19(2,3)26-17(23)9-13-6-14(20(4)11-13)16(22)8-12-7-15(18(24)25)21(5)10-12/h6-7,10-11H,8-9H2,1-5H3,(H,24,25). The van der Waals surface area contributed by atoms with E-state index in [-0.39, 0.29) is 30.3 Å². The van der Waals surface area contributed by atoms with Gasteiger partial charge in [-0.25, -0.2) is 4.79 Å². The van der Waals surface area contributed by atoms with Crippen molar-refractivity contribution < 1.29 is 24.2 Å². The molecule has 2 heterocycles. The Morgan fingerprint density at radius 2 is 1.46 bits per heavy atom. The third-order valence-electron chi connectivity index (χ3n) is 3.76. The van der Waals surface area contributed by atoms with E-state index in [1.807, 2.05) is 0 Å². The first-order valence-electron chi connectivity index (χ1n) is 8.25. The van der Waals surface area contributed by atoms with Gasteiger partial charge in [-0.15, -0.1) is 0 Å². The minimum Gasteiger partial charge on any atom is -0.477 e. The first kappa shape index (κ1) is 19.5. The number of hydrogen-bond acceptors (Lipinski definition) is 4. The average Bonchev–Trinajstić information content (AvgIpc) is 2.99. The van der Waals surface area contributed by atoms with Crippen molar-refractivity contribution in [2.45, 2.75) is 39.2 Å². The molecule has 0 spiro atoms. The van der Waals surface area contributed by atoms with Crippen LogP contribution in [-0.4, -0.2) is 37.6 Å². The van der Waals surface area contributed by atoms with Crippen molar-refractivity contribution in [3.8, 4) is 0 Å². The molecule has 2 rings (SSSR count). The van der Waals surface area contributed by atoms with Gasteiger partial charge >= 0.3 is 11.9 Å². The molecule has 0 aliphatic carbocycles. The number of rotatable bonds is 6. The van der Waals surface area contributed by atoms with Crippen molar-refractivity contribution in [1.29, 1.82) is 0 Å². The molecule has 1 N–H and O–H groups in total. The summed E-state index contributed by atoms with van der Waals surface area (Å²) in [5.74, 6) is -1.54. The smallest absolute Gasteiger partial charge is 0.352 e. The van der Waals surface area contributed by atoms with E-state index < -0.39 is 11.6 Å². The van der Waals surface area contributed by atoms with Gasteiger partial charge in [0.25, 0.3) is 0 Å². The first-order valence-corrected chi connectivity index (χ1v) is 8.25. The van der Waals surface area contributed by atoms with Gasteiger partial charge in [0.15, 0.2) is 5.78 Å². The molecule has 0 saturated heterocycles. The minimum absolute atomic E-state index is 0.0881. The van der Waals surface area contributed by atoms with E-state index in [1.54, 1.807) is 57.9 Å². The van der Waals surface area contributed by atoms with Gasteiger partial charge in [-0.3, -0.25) is 9.59 Å². The normalized spacial score (nSPS) is 11.4. The van der Waals surface area contributed by atoms with Gasteiger partial charge in [-0.05, 0) is 44.0 Å². The summed E-state index contributed by atoms with van der Waals surface area (Å²) in [5.41, 5.74) is 1.36. The van der Waals surface area contributed by atoms with Crippen LogP contribution in [0, 0.1) is 0 Å². The lowest BCUT2D eigenvalue weighted by molar-refractivity contribution is -0.153. The zero-order valence-electron chi connectivity index (χ0n) is 15.7. The maximum atomic E-state index is 12.6. The molecule has 0 aliphatic heterocycles. The van der Waals surface area contributed by atoms with Crippen molar-refractivity contribution in [3.63, 3.8) is 0 Å². The zero-order chi connectivity index (χ0) is 19.6. The van der Waals surface area contributed by atoms with Gasteiger partial charge in [0.1, 0.15) is 11.3 Å². The van der Waals surface area contributed by atoms with Crippen LogP contribution in [-0.2, 0) is 36.5 Å². The highest BCUT2D eigenvalue weighted by Gasteiger charge is 2.20. The van der Waals surface area contributed by atoms with Gasteiger partial charge in [-0.1, -0.05) is 0 Å². The number of carboxylic acids is 1. The molecule has 0 aliphatic rings. The predicted molar refractivity (Wildman–Crippen MR) is 95.4 cm³/mol. The van der Waals surface area contributed by atoms with E-state index in [9.17, 15) is 14.4 Å². The molecule has 2 aromatic rings. The Bertz CT molecular complexity index is 852. The van der Waals surface area contributed by atoms with Crippen LogP contribution < -0.4 is 0 Å². The molecule has 0 radical (unpaired) electrons. The lowest BCUT2D eigenvalue weighted by atomic mass is 10.1. The van der Waals surface area contributed by atoms with Crippen molar-refractivity contribution in [1.82, 2.24) is 9.13 Å². The Balaban J connectivity index is 2.10. The van der Waals surface area contributed by atoms with Gasteiger partial charge < -0.3 is 19.0 Å². The van der Waals surface area contributed by atoms with E-state index in [4.69, 9.17) is 9.84 Å². The van der Waals surface area contributed by atoms with E-state index in [2.05, 4.69) is 0 Å². The number of carbonyl (C=O) groups is 3. The van der Waals surface area contributed by atoms with Crippen LogP contribution in [0.3, 0.4) is 0 Å². The van der Waals surface area contributed by atoms with Gasteiger partial charge in [0, 0.05) is 32.9 Å². The number of hydrogen-bond donors (Lipinski definition) is 1. The molecular formula is C19H24N2O5. The highest BCUT2D eigenvalue weighted by molar-refractivity contribution is 5.97. The quantitative estimate of drug-likeness (QED) is 0.631. The summed E-state index contributed by atoms with van der Waals surface area (Å²) in [7, 11) is 3.36. The number of ether oxygens (including phenoxy) is 1. The number of Topliss-reactive ketones (excluding diaryl/α,β-unsaturated/α-hetero) is 1. The third-order valence-corrected chi connectivity index (χ3v) is 3.76. The number of ketones is 1. The van der Waals surface area contributed by atoms with Crippen molar-refractivity contribution >= 4 is 17.7 Å². The van der Waals surface area contributed by atoms with Gasteiger partial charge in [0.2, 0.25) is 0 Å². The van der Waals surface area contributed by atoms with E-state index in [0.717, 1.165) is 0 Å². The van der Waals surface area contributed by atoms with Crippen LogP contribution in [0.5, 0.6) is 0 Å². The summed E-state index contributed by atoms with van der Waals surface area (Å²) in [4.78, 5) is 35.6. The van der Waals surface area contributed by atoms with Crippen molar-refractivity contribution in [2.24, 2.45) is 14.1 Å². The monoisotopic (exact) mass is 360 g/mol. The second-order valence-electron chi connectivity index (χ2n) is 7.36. The Morgan fingerprint density at radius 1 is 0.962 bits per heavy atom. The molecule has 140 valence electrons. The van der Waals surface area contributed by atoms with Crippen LogP contribution in [0.4, 0.5) is 0 Å². The summed E-state index contributed by atoms with van der Waals surface area (Å²) in [6, 6.07) is 3.16. The summed E-state index contributed by atoms with van der Waals surface area (Å²) >= 11 is 0. The molecule has 0 aromatic carbocycles. The number of aryl methyl sites for hydroxylation is 2. The highest BCUT2D eigenvalue weighted by atomic mass is 16.6. The van der Waals surface area contributed by atoms with E-state index >= 15 is 0 Å². The largest absolute Gasteiger partial charge is 0.477 e. The lowest BCUT2D eigenvalue weighted by Gasteiger charge is -2.19. The molecule has 0 bridgehead atoms. The molecule has 0 saturated carbocycles. The summed E-state index contributed by atoms with van der Waals surface area (Å²) in [5, 5.41) is 9.09. The molecule has 0 unspecified atom stereocenters. The summed E-state index contributed by atoms with van der Waals surface area (Å²) in [6.07, 6.45) is 3.54. The highest BCUT2D eigenvalue weighted by Crippen LogP contribution is 2.16. The molecule has 7 nitrogen and oxygen atoms in total. The van der Waals surface area contributed by atoms with E-state index in [1.165, 1.54) is 10.6 Å². The number of aromatic nitrogens is 2. The first-order chi connectivity index (χ1) is 12.0. The van der Waals surface area contributed by atoms with Crippen molar-refractivity contribution in [3.05, 3.63) is 47.0 Å². The van der Waals surface area contributed by atoms with Crippen molar-refractivity contribution in [2.75, 3.05) is 0 Å². The van der Waals surface area contributed by atoms with Crippen LogP contribution in [0.15, 0.2) is 24.5 Å². The van der Waals surface area contributed by atoms with Gasteiger partial charge in [0.05, 0.1) is 12.1 Å². The number of nitrogens with zero attached hydrogens (tertiary/aromatic N) is 2. The Kier molecular flexibility index (Phi) is 5.39. The third kappa shape index (κ3) is 4.84. The Labute approximate surface area is 152 Å². The van der Waals surface area contributed by atoms with Crippen LogP contribution in [0.2, 0.25) is 0 Å². The summed E-state index contributed by atoms with van der Waals surface area (Å²) in [6.45, 7) is 5.41. The van der Waals surface area contributed by atoms with Crippen LogP contribution in [0.1, 0.15) is 52.9 Å². The summed E-state index contributed by atoms with van der Waals surface area (Å²) < 4.78 is 8.44. The van der Waals surface area contributed by atoms with Crippen LogP contribution >= 0.6 is 0 Å². The fourth-order valence-electron chi connectivity index (χ4n) is 2.77. The molecule has 0 atom stereocenters. The maximum Gasteiger partial charge on any atom is 0.352 e. The Morgan fingerprint density at radius 3 is 1.96 bits per heavy atom. The number of aromatic carboxylic acids is 1. The van der Waals surface area contributed by atoms with E-state index in [0.29, 0.717) is 16.8 Å². The molecule has 0 fully saturated rings. The molecule has 2 aromatic heterocycles. The second kappa shape index (κ2) is 7.19. The van der Waals surface area contributed by atoms with Gasteiger partial charge in [-0.2, -0.15) is 0 Å². The fourth-order valence-corrected chi connectivity index (χ4v) is 2.77. The second-order valence-corrected chi connectivity index (χ2v) is 7.36. The predicted octanol–water partition coefficient (Wildman–Crippen LogP) is 2.37. The minimum atomic E-state index is -1.04.